The van der Waals surface area contributed by atoms with Crippen molar-refractivity contribution in [2.24, 2.45) is 0 Å². The SMILES string of the molecule is Cc1ccc(S(=O)(=O)Nc2cnc3c(Br)cccc3c2)cc1. The molecule has 4 nitrogen and oxygen atoms in total. The van der Waals surface area contributed by atoms with Crippen molar-refractivity contribution in [3.05, 3.63) is 64.8 Å². The van der Waals surface area contributed by atoms with E-state index in [0.717, 1.165) is 20.9 Å². The van der Waals surface area contributed by atoms with Gasteiger partial charge >= 0.3 is 0 Å². The van der Waals surface area contributed by atoms with Gasteiger partial charge in [-0.3, -0.25) is 9.71 Å². The number of nitrogens with one attached hydrogen (secondary N) is 1. The summed E-state index contributed by atoms with van der Waals surface area (Å²) < 4.78 is 28.2. The first-order valence-electron chi connectivity index (χ1n) is 6.59. The van der Waals surface area contributed by atoms with Gasteiger partial charge in [0.1, 0.15) is 0 Å². The zero-order valence-electron chi connectivity index (χ0n) is 11.7. The topological polar surface area (TPSA) is 59.1 Å². The number of rotatable bonds is 3. The van der Waals surface area contributed by atoms with Crippen LogP contribution >= 0.6 is 15.9 Å². The lowest BCUT2D eigenvalue weighted by atomic mass is 10.2. The van der Waals surface area contributed by atoms with Gasteiger partial charge in [0.05, 0.1) is 22.3 Å². The quantitative estimate of drug-likeness (QED) is 0.748. The molecule has 0 bridgehead atoms. The van der Waals surface area contributed by atoms with Crippen LogP contribution in [0.3, 0.4) is 0 Å². The van der Waals surface area contributed by atoms with E-state index in [2.05, 4.69) is 25.6 Å². The predicted molar refractivity (Wildman–Crippen MR) is 91.4 cm³/mol. The number of hydrogen-bond acceptors (Lipinski definition) is 3. The molecule has 0 unspecified atom stereocenters. The molecule has 0 aliphatic carbocycles. The molecule has 2 aromatic carbocycles. The van der Waals surface area contributed by atoms with Crippen LogP contribution in [-0.2, 0) is 10.0 Å². The number of halogens is 1. The number of aryl methyl sites for hydroxylation is 1. The summed E-state index contributed by atoms with van der Waals surface area (Å²) in [6.45, 7) is 1.91. The summed E-state index contributed by atoms with van der Waals surface area (Å²) in [7, 11) is -3.61. The van der Waals surface area contributed by atoms with Gasteiger partial charge in [0.25, 0.3) is 10.0 Å². The minimum atomic E-state index is -3.61. The molecule has 1 aromatic heterocycles. The third-order valence-electron chi connectivity index (χ3n) is 3.25. The molecule has 0 atom stereocenters. The molecule has 0 amide bonds. The molecule has 0 aliphatic rings. The van der Waals surface area contributed by atoms with Gasteiger partial charge in [-0.1, -0.05) is 29.8 Å². The maximum Gasteiger partial charge on any atom is 0.261 e. The average molecular weight is 377 g/mol. The Morgan fingerprint density at radius 2 is 1.82 bits per heavy atom. The van der Waals surface area contributed by atoms with Gasteiger partial charge in [-0.15, -0.1) is 0 Å². The van der Waals surface area contributed by atoms with Gasteiger partial charge in [0, 0.05) is 9.86 Å². The lowest BCUT2D eigenvalue weighted by molar-refractivity contribution is 0.601. The van der Waals surface area contributed by atoms with Crippen molar-refractivity contribution in [1.29, 1.82) is 0 Å². The van der Waals surface area contributed by atoms with Gasteiger partial charge in [0.2, 0.25) is 0 Å². The normalized spacial score (nSPS) is 11.5. The van der Waals surface area contributed by atoms with E-state index in [4.69, 9.17) is 0 Å². The number of aromatic nitrogens is 1. The van der Waals surface area contributed by atoms with Gasteiger partial charge in [0.15, 0.2) is 0 Å². The van der Waals surface area contributed by atoms with Crippen LogP contribution in [0.4, 0.5) is 5.69 Å². The lowest BCUT2D eigenvalue weighted by Crippen LogP contribution is -2.13. The summed E-state index contributed by atoms with van der Waals surface area (Å²) in [5.74, 6) is 0. The highest BCUT2D eigenvalue weighted by Crippen LogP contribution is 2.25. The van der Waals surface area contributed by atoms with Crippen LogP contribution in [0.5, 0.6) is 0 Å². The van der Waals surface area contributed by atoms with Crippen LogP contribution in [0.15, 0.2) is 64.1 Å². The maximum atomic E-state index is 12.4. The van der Waals surface area contributed by atoms with Crippen molar-refractivity contribution >= 4 is 42.5 Å². The Labute approximate surface area is 137 Å². The molecule has 0 fully saturated rings. The minimum Gasteiger partial charge on any atom is -0.278 e. The van der Waals surface area contributed by atoms with E-state index in [1.807, 2.05) is 25.1 Å². The van der Waals surface area contributed by atoms with E-state index < -0.39 is 10.0 Å². The van der Waals surface area contributed by atoms with Gasteiger partial charge in [-0.2, -0.15) is 0 Å². The molecule has 112 valence electrons. The van der Waals surface area contributed by atoms with E-state index in [9.17, 15) is 8.42 Å². The highest BCUT2D eigenvalue weighted by molar-refractivity contribution is 9.10. The number of fused-ring (bicyclic) bond motifs is 1. The van der Waals surface area contributed by atoms with Gasteiger partial charge in [-0.05, 0) is 47.1 Å². The van der Waals surface area contributed by atoms with E-state index in [0.29, 0.717) is 5.69 Å². The molecule has 1 N–H and O–H groups in total. The molecule has 3 aromatic rings. The lowest BCUT2D eigenvalue weighted by Gasteiger charge is -2.09. The molecular formula is C16H13BrN2O2S. The van der Waals surface area contributed by atoms with Crippen molar-refractivity contribution in [3.63, 3.8) is 0 Å². The third kappa shape index (κ3) is 2.98. The molecule has 3 rings (SSSR count). The van der Waals surface area contributed by atoms with Gasteiger partial charge in [-0.25, -0.2) is 8.42 Å². The Hall–Kier alpha value is -1.92. The zero-order chi connectivity index (χ0) is 15.7. The Balaban J connectivity index is 1.97. The molecular weight excluding hydrogens is 364 g/mol. The summed E-state index contributed by atoms with van der Waals surface area (Å²) in [4.78, 5) is 4.53. The third-order valence-corrected chi connectivity index (χ3v) is 5.28. The smallest absolute Gasteiger partial charge is 0.261 e. The molecule has 0 aliphatic heterocycles. The number of nitrogens with zero attached hydrogens (tertiary/aromatic N) is 1. The van der Waals surface area contributed by atoms with Crippen LogP contribution in [0.2, 0.25) is 0 Å². The fraction of sp³-hybridized carbons (Fsp3) is 0.0625. The molecule has 6 heteroatoms. The average Bonchev–Trinajstić information content (AvgIpc) is 2.47. The van der Waals surface area contributed by atoms with Crippen LogP contribution in [0.1, 0.15) is 5.56 Å². The molecule has 0 saturated heterocycles. The van der Waals surface area contributed by atoms with Crippen LogP contribution in [-0.4, -0.2) is 13.4 Å². The highest BCUT2D eigenvalue weighted by Gasteiger charge is 2.14. The predicted octanol–water partition coefficient (Wildman–Crippen LogP) is 4.11. The summed E-state index contributed by atoms with van der Waals surface area (Å²) in [6.07, 6.45) is 1.51. The van der Waals surface area contributed by atoms with Crippen LogP contribution < -0.4 is 4.72 Å². The highest BCUT2D eigenvalue weighted by atomic mass is 79.9. The minimum absolute atomic E-state index is 0.229. The van der Waals surface area contributed by atoms with Gasteiger partial charge < -0.3 is 0 Å². The number of hydrogen-bond donors (Lipinski definition) is 1. The first kappa shape index (κ1) is 15.0. The first-order chi connectivity index (χ1) is 10.5. The number of benzene rings is 2. The monoisotopic (exact) mass is 376 g/mol. The second-order valence-electron chi connectivity index (χ2n) is 4.95. The summed E-state index contributed by atoms with van der Waals surface area (Å²) >= 11 is 3.43. The van der Waals surface area contributed by atoms with E-state index in [1.165, 1.54) is 6.20 Å². The Morgan fingerprint density at radius 1 is 1.09 bits per heavy atom. The van der Waals surface area contributed by atoms with Crippen molar-refractivity contribution < 1.29 is 8.42 Å². The van der Waals surface area contributed by atoms with Crippen LogP contribution in [0.25, 0.3) is 10.9 Å². The second-order valence-corrected chi connectivity index (χ2v) is 7.49. The molecule has 0 spiro atoms. The molecule has 0 saturated carbocycles. The first-order valence-corrected chi connectivity index (χ1v) is 8.87. The molecule has 22 heavy (non-hydrogen) atoms. The van der Waals surface area contributed by atoms with E-state index >= 15 is 0 Å². The fourth-order valence-electron chi connectivity index (χ4n) is 2.11. The Morgan fingerprint density at radius 3 is 2.55 bits per heavy atom. The number of pyridine rings is 1. The van der Waals surface area contributed by atoms with Crippen molar-refractivity contribution in [3.8, 4) is 0 Å². The van der Waals surface area contributed by atoms with E-state index in [1.54, 1.807) is 30.3 Å². The van der Waals surface area contributed by atoms with Crippen molar-refractivity contribution in [1.82, 2.24) is 4.98 Å². The standard InChI is InChI=1S/C16H13BrN2O2S/c1-11-5-7-14(8-6-11)22(20,21)19-13-9-12-3-2-4-15(17)16(12)18-10-13/h2-10,19H,1H3. The van der Waals surface area contributed by atoms with E-state index in [-0.39, 0.29) is 4.90 Å². The Bertz CT molecular complexity index is 938. The zero-order valence-corrected chi connectivity index (χ0v) is 14.1. The second kappa shape index (κ2) is 5.70. The summed E-state index contributed by atoms with van der Waals surface area (Å²) in [5, 5.41) is 0.860. The number of para-hydroxylation sites is 1. The number of anilines is 1. The van der Waals surface area contributed by atoms with Crippen molar-refractivity contribution in [2.75, 3.05) is 4.72 Å². The maximum absolute atomic E-state index is 12.4. The summed E-state index contributed by atoms with van der Waals surface area (Å²) in [5.41, 5.74) is 2.24. The van der Waals surface area contributed by atoms with Crippen molar-refractivity contribution in [2.45, 2.75) is 11.8 Å². The Kier molecular flexibility index (Phi) is 3.88. The molecule has 1 heterocycles. The number of sulfonamides is 1. The fourth-order valence-corrected chi connectivity index (χ4v) is 3.63. The van der Waals surface area contributed by atoms with Crippen LogP contribution in [0, 0.1) is 6.92 Å². The summed E-state index contributed by atoms with van der Waals surface area (Å²) in [6, 6.07) is 14.1. The largest absolute Gasteiger partial charge is 0.278 e. The molecule has 0 radical (unpaired) electrons.